The molecule has 96 valence electrons. The summed E-state index contributed by atoms with van der Waals surface area (Å²) in [6, 6.07) is 6.37. The van der Waals surface area contributed by atoms with Crippen LogP contribution in [0.2, 0.25) is 0 Å². The van der Waals surface area contributed by atoms with E-state index in [0.29, 0.717) is 0 Å². The van der Waals surface area contributed by atoms with Crippen LogP contribution < -0.4 is 5.32 Å². The Kier molecular flexibility index (Phi) is 3.41. The van der Waals surface area contributed by atoms with Crippen molar-refractivity contribution in [2.75, 3.05) is 5.32 Å². The topological polar surface area (TPSA) is 70.3 Å². The maximum Gasteiger partial charge on any atom is 0.148 e. The van der Waals surface area contributed by atoms with Gasteiger partial charge in [0, 0.05) is 30.4 Å². The lowest BCUT2D eigenvalue weighted by molar-refractivity contribution is 0.444. The number of anilines is 1. The molecule has 18 heavy (non-hydrogen) atoms. The number of nitrogens with zero attached hydrogens (tertiary/aromatic N) is 2. The van der Waals surface area contributed by atoms with Gasteiger partial charge in [-0.25, -0.2) is 0 Å². The second kappa shape index (κ2) is 5.00. The first-order chi connectivity index (χ1) is 8.60. The Hall–Kier alpha value is -2.17. The van der Waals surface area contributed by atoms with Crippen LogP contribution in [-0.2, 0) is 6.54 Å². The molecule has 5 nitrogen and oxygen atoms in total. The van der Waals surface area contributed by atoms with Crippen molar-refractivity contribution in [3.63, 3.8) is 0 Å². The van der Waals surface area contributed by atoms with E-state index in [0.717, 1.165) is 17.9 Å². The molecule has 0 fully saturated rings. The van der Waals surface area contributed by atoms with Gasteiger partial charge in [-0.3, -0.25) is 4.68 Å². The molecule has 0 amide bonds. The number of aromatic nitrogens is 2. The molecule has 0 saturated heterocycles. The van der Waals surface area contributed by atoms with E-state index in [9.17, 15) is 10.2 Å². The van der Waals surface area contributed by atoms with Crippen molar-refractivity contribution in [1.29, 1.82) is 0 Å². The van der Waals surface area contributed by atoms with Crippen LogP contribution in [0, 0.1) is 0 Å². The molecule has 1 atom stereocenters. The van der Waals surface area contributed by atoms with Crippen molar-refractivity contribution in [3.8, 4) is 11.5 Å². The van der Waals surface area contributed by atoms with Gasteiger partial charge < -0.3 is 15.5 Å². The van der Waals surface area contributed by atoms with E-state index in [2.05, 4.69) is 10.4 Å². The van der Waals surface area contributed by atoms with Crippen molar-refractivity contribution in [2.24, 2.45) is 0 Å². The summed E-state index contributed by atoms with van der Waals surface area (Å²) in [5.41, 5.74) is 0.721. The van der Waals surface area contributed by atoms with Gasteiger partial charge in [0.05, 0.1) is 6.04 Å². The minimum absolute atomic E-state index is 0.0544. The van der Waals surface area contributed by atoms with Crippen molar-refractivity contribution in [3.05, 3.63) is 36.0 Å². The van der Waals surface area contributed by atoms with Gasteiger partial charge in [-0.2, -0.15) is 5.10 Å². The molecular formula is C13H17N3O2. The van der Waals surface area contributed by atoms with Crippen LogP contribution in [0.15, 0.2) is 30.5 Å². The molecule has 0 bridgehead atoms. The summed E-state index contributed by atoms with van der Waals surface area (Å²) >= 11 is 0. The SMILES string of the molecule is CCn1ccc(NC(C)c2ccc(O)cc2O)n1. The second-order valence-electron chi connectivity index (χ2n) is 4.17. The fourth-order valence-corrected chi connectivity index (χ4v) is 1.81. The van der Waals surface area contributed by atoms with E-state index in [1.165, 1.54) is 6.07 Å². The Morgan fingerprint density at radius 2 is 2.11 bits per heavy atom. The van der Waals surface area contributed by atoms with E-state index >= 15 is 0 Å². The first kappa shape index (κ1) is 12.3. The molecular weight excluding hydrogens is 230 g/mol. The number of hydrogen-bond donors (Lipinski definition) is 3. The molecule has 2 aromatic rings. The molecule has 0 saturated carbocycles. The lowest BCUT2D eigenvalue weighted by atomic mass is 10.1. The third-order valence-electron chi connectivity index (χ3n) is 2.81. The molecule has 0 aliphatic rings. The van der Waals surface area contributed by atoms with Crippen molar-refractivity contribution < 1.29 is 10.2 Å². The number of aryl methyl sites for hydroxylation is 1. The van der Waals surface area contributed by atoms with Gasteiger partial charge >= 0.3 is 0 Å². The highest BCUT2D eigenvalue weighted by Crippen LogP contribution is 2.29. The Morgan fingerprint density at radius 3 is 2.72 bits per heavy atom. The number of benzene rings is 1. The summed E-state index contributed by atoms with van der Waals surface area (Å²) in [7, 11) is 0. The molecule has 0 aliphatic carbocycles. The molecule has 1 heterocycles. The van der Waals surface area contributed by atoms with Crippen molar-refractivity contribution in [2.45, 2.75) is 26.4 Å². The Labute approximate surface area is 106 Å². The van der Waals surface area contributed by atoms with Crippen LogP contribution in [0.5, 0.6) is 11.5 Å². The van der Waals surface area contributed by atoms with E-state index in [1.807, 2.05) is 30.8 Å². The molecule has 1 unspecified atom stereocenters. The predicted molar refractivity (Wildman–Crippen MR) is 69.7 cm³/mol. The average Bonchev–Trinajstić information content (AvgIpc) is 2.76. The first-order valence-corrected chi connectivity index (χ1v) is 5.92. The summed E-state index contributed by atoms with van der Waals surface area (Å²) in [5, 5.41) is 26.5. The van der Waals surface area contributed by atoms with Gasteiger partial charge in [0.25, 0.3) is 0 Å². The van der Waals surface area contributed by atoms with E-state index in [-0.39, 0.29) is 17.5 Å². The van der Waals surface area contributed by atoms with Gasteiger partial charge in [0.2, 0.25) is 0 Å². The van der Waals surface area contributed by atoms with E-state index in [4.69, 9.17) is 0 Å². The number of phenols is 2. The highest BCUT2D eigenvalue weighted by Gasteiger charge is 2.11. The predicted octanol–water partition coefficient (Wildman–Crippen LogP) is 2.49. The summed E-state index contributed by atoms with van der Waals surface area (Å²) in [6.45, 7) is 4.77. The largest absolute Gasteiger partial charge is 0.508 e. The molecule has 0 aliphatic heterocycles. The smallest absolute Gasteiger partial charge is 0.148 e. The van der Waals surface area contributed by atoms with Crippen LogP contribution in [0.3, 0.4) is 0 Å². The Balaban J connectivity index is 2.13. The molecule has 1 aromatic carbocycles. The van der Waals surface area contributed by atoms with Crippen LogP contribution in [-0.4, -0.2) is 20.0 Å². The van der Waals surface area contributed by atoms with E-state index in [1.54, 1.807) is 12.1 Å². The number of aromatic hydroxyl groups is 2. The molecule has 3 N–H and O–H groups in total. The fourth-order valence-electron chi connectivity index (χ4n) is 1.81. The zero-order valence-electron chi connectivity index (χ0n) is 10.5. The molecule has 1 aromatic heterocycles. The zero-order chi connectivity index (χ0) is 13.1. The van der Waals surface area contributed by atoms with Crippen LogP contribution in [0.25, 0.3) is 0 Å². The Bertz CT molecular complexity index is 537. The maximum atomic E-state index is 9.77. The average molecular weight is 247 g/mol. The minimum atomic E-state index is -0.0918. The first-order valence-electron chi connectivity index (χ1n) is 5.92. The van der Waals surface area contributed by atoms with Crippen molar-refractivity contribution >= 4 is 5.82 Å². The number of nitrogens with one attached hydrogen (secondary N) is 1. The maximum absolute atomic E-state index is 9.77. The monoisotopic (exact) mass is 247 g/mol. The lowest BCUT2D eigenvalue weighted by Gasteiger charge is -2.15. The summed E-state index contributed by atoms with van der Waals surface area (Å²) < 4.78 is 1.83. The summed E-state index contributed by atoms with van der Waals surface area (Å²) in [5.74, 6) is 0.889. The van der Waals surface area contributed by atoms with Gasteiger partial charge in [-0.1, -0.05) is 0 Å². The van der Waals surface area contributed by atoms with Crippen LogP contribution >= 0.6 is 0 Å². The van der Waals surface area contributed by atoms with Gasteiger partial charge in [0.1, 0.15) is 17.3 Å². The van der Waals surface area contributed by atoms with Gasteiger partial charge in [-0.15, -0.1) is 0 Å². The fraction of sp³-hybridized carbons (Fsp3) is 0.308. The molecule has 2 rings (SSSR count). The normalized spacial score (nSPS) is 12.3. The lowest BCUT2D eigenvalue weighted by Crippen LogP contribution is -2.08. The summed E-state index contributed by atoms with van der Waals surface area (Å²) in [4.78, 5) is 0. The highest BCUT2D eigenvalue weighted by molar-refractivity contribution is 5.44. The molecule has 0 radical (unpaired) electrons. The summed E-state index contributed by atoms with van der Waals surface area (Å²) in [6.07, 6.45) is 1.89. The van der Waals surface area contributed by atoms with Crippen LogP contribution in [0.1, 0.15) is 25.5 Å². The number of hydrogen-bond acceptors (Lipinski definition) is 4. The van der Waals surface area contributed by atoms with Crippen molar-refractivity contribution in [1.82, 2.24) is 9.78 Å². The minimum Gasteiger partial charge on any atom is -0.508 e. The van der Waals surface area contributed by atoms with Gasteiger partial charge in [-0.05, 0) is 26.0 Å². The second-order valence-corrected chi connectivity index (χ2v) is 4.17. The van der Waals surface area contributed by atoms with E-state index < -0.39 is 0 Å². The third-order valence-corrected chi connectivity index (χ3v) is 2.81. The van der Waals surface area contributed by atoms with Crippen LogP contribution in [0.4, 0.5) is 5.82 Å². The molecule has 5 heteroatoms. The standard InChI is InChI=1S/C13H17N3O2/c1-3-16-7-6-13(15-16)14-9(2)11-5-4-10(17)8-12(11)18/h4-9,17-18H,3H2,1-2H3,(H,14,15). The number of rotatable bonds is 4. The Morgan fingerprint density at radius 1 is 1.33 bits per heavy atom. The van der Waals surface area contributed by atoms with Gasteiger partial charge in [0.15, 0.2) is 0 Å². The quantitative estimate of drug-likeness (QED) is 0.776. The number of phenolic OH excluding ortho intramolecular Hbond substituents is 2. The molecule has 0 spiro atoms. The zero-order valence-corrected chi connectivity index (χ0v) is 10.5. The third kappa shape index (κ3) is 2.56. The highest BCUT2D eigenvalue weighted by atomic mass is 16.3.